The van der Waals surface area contributed by atoms with Gasteiger partial charge < -0.3 is 15.2 Å². The lowest BCUT2D eigenvalue weighted by molar-refractivity contribution is -0.132. The number of benzene rings is 3. The summed E-state index contributed by atoms with van der Waals surface area (Å²) >= 11 is 3.38. The molecule has 0 aromatic heterocycles. The van der Waals surface area contributed by atoms with Crippen molar-refractivity contribution in [2.75, 3.05) is 0 Å². The van der Waals surface area contributed by atoms with Crippen LogP contribution in [0.2, 0.25) is 0 Å². The lowest BCUT2D eigenvalue weighted by atomic mass is 10.1. The molecule has 1 amide bonds. The predicted molar refractivity (Wildman–Crippen MR) is 110 cm³/mol. The molecule has 0 aliphatic rings. The molecule has 30 heavy (non-hydrogen) atoms. The van der Waals surface area contributed by atoms with E-state index in [0.29, 0.717) is 23.1 Å². The van der Waals surface area contributed by atoms with Crippen LogP contribution in [0.25, 0.3) is 6.08 Å². The molecule has 3 rings (SSSR count). The maximum Gasteiger partial charge on any atom is 0.352 e. The number of para-hydroxylation sites is 1. The summed E-state index contributed by atoms with van der Waals surface area (Å²) in [5.41, 5.74) is -0.153. The monoisotopic (exact) mass is 473 g/mol. The van der Waals surface area contributed by atoms with E-state index in [1.807, 2.05) is 18.2 Å². The van der Waals surface area contributed by atoms with Crippen LogP contribution in [-0.2, 0) is 4.79 Å². The van der Waals surface area contributed by atoms with Gasteiger partial charge in [0.15, 0.2) is 11.6 Å². The first-order valence-electron chi connectivity index (χ1n) is 8.57. The van der Waals surface area contributed by atoms with Crippen molar-refractivity contribution in [1.29, 1.82) is 0 Å². The van der Waals surface area contributed by atoms with Crippen molar-refractivity contribution >= 4 is 33.9 Å². The molecule has 0 atom stereocenters. The Morgan fingerprint density at radius 2 is 1.67 bits per heavy atom. The molecule has 3 aromatic rings. The summed E-state index contributed by atoms with van der Waals surface area (Å²) in [7, 11) is 0. The van der Waals surface area contributed by atoms with Gasteiger partial charge in [-0.3, -0.25) is 4.79 Å². The van der Waals surface area contributed by atoms with Crippen molar-refractivity contribution in [3.63, 3.8) is 0 Å². The van der Waals surface area contributed by atoms with Gasteiger partial charge in [-0.2, -0.15) is 0 Å². The van der Waals surface area contributed by atoms with Gasteiger partial charge in [0.05, 0.1) is 4.47 Å². The SMILES string of the molecule is O=C(O)/C(=C/c1ccc(Oc2ccccc2Br)cc1)NC(=O)c1ccc(F)c(F)c1. The summed E-state index contributed by atoms with van der Waals surface area (Å²) in [6.45, 7) is 0. The standard InChI is InChI=1S/C22H14BrF2NO4/c23-16-3-1-2-4-20(16)30-15-8-5-13(6-9-15)11-19(22(28)29)26-21(27)14-7-10-17(24)18(25)12-14/h1-12H,(H,26,27)(H,28,29)/b19-11-. The molecule has 0 bridgehead atoms. The fourth-order valence-electron chi connectivity index (χ4n) is 2.44. The molecular formula is C22H14BrF2NO4. The summed E-state index contributed by atoms with van der Waals surface area (Å²) in [6.07, 6.45) is 1.24. The highest BCUT2D eigenvalue weighted by Gasteiger charge is 2.15. The Morgan fingerprint density at radius 3 is 2.30 bits per heavy atom. The number of amides is 1. The Kier molecular flexibility index (Phi) is 6.58. The van der Waals surface area contributed by atoms with Crippen molar-refractivity contribution in [2.24, 2.45) is 0 Å². The molecule has 0 saturated carbocycles. The molecule has 0 radical (unpaired) electrons. The molecule has 5 nitrogen and oxygen atoms in total. The second-order valence-electron chi connectivity index (χ2n) is 6.05. The molecule has 0 spiro atoms. The first-order valence-corrected chi connectivity index (χ1v) is 9.36. The number of nitrogens with one attached hydrogen (secondary N) is 1. The highest BCUT2D eigenvalue weighted by molar-refractivity contribution is 9.10. The Balaban J connectivity index is 1.76. The fourth-order valence-corrected chi connectivity index (χ4v) is 2.80. The second kappa shape index (κ2) is 9.32. The molecule has 0 saturated heterocycles. The minimum Gasteiger partial charge on any atom is -0.477 e. The minimum atomic E-state index is -1.39. The van der Waals surface area contributed by atoms with Crippen LogP contribution in [0.15, 0.2) is 76.9 Å². The van der Waals surface area contributed by atoms with Crippen LogP contribution in [0.4, 0.5) is 8.78 Å². The van der Waals surface area contributed by atoms with Crippen LogP contribution in [0.1, 0.15) is 15.9 Å². The van der Waals surface area contributed by atoms with Crippen molar-refractivity contribution in [1.82, 2.24) is 5.32 Å². The van der Waals surface area contributed by atoms with E-state index < -0.39 is 29.2 Å². The highest BCUT2D eigenvalue weighted by atomic mass is 79.9. The topological polar surface area (TPSA) is 75.6 Å². The number of hydrogen-bond donors (Lipinski definition) is 2. The molecule has 0 unspecified atom stereocenters. The Labute approximate surface area is 178 Å². The molecular weight excluding hydrogens is 460 g/mol. The van der Waals surface area contributed by atoms with E-state index in [1.54, 1.807) is 30.3 Å². The minimum absolute atomic E-state index is 0.210. The lowest BCUT2D eigenvalue weighted by Gasteiger charge is -2.09. The van der Waals surface area contributed by atoms with Crippen molar-refractivity contribution in [3.8, 4) is 11.5 Å². The molecule has 2 N–H and O–H groups in total. The smallest absolute Gasteiger partial charge is 0.352 e. The number of carbonyl (C=O) groups is 2. The average Bonchev–Trinajstić information content (AvgIpc) is 2.72. The van der Waals surface area contributed by atoms with Crippen LogP contribution < -0.4 is 10.1 Å². The van der Waals surface area contributed by atoms with Gasteiger partial charge in [-0.05, 0) is 70.0 Å². The number of rotatable bonds is 6. The Morgan fingerprint density at radius 1 is 0.967 bits per heavy atom. The van der Waals surface area contributed by atoms with Gasteiger partial charge in [0.1, 0.15) is 17.2 Å². The number of carboxylic acid groups (broad SMARTS) is 1. The molecule has 0 heterocycles. The molecule has 8 heteroatoms. The summed E-state index contributed by atoms with van der Waals surface area (Å²) in [5.74, 6) is -3.43. The largest absolute Gasteiger partial charge is 0.477 e. The third kappa shape index (κ3) is 5.30. The zero-order valence-electron chi connectivity index (χ0n) is 15.2. The van der Waals surface area contributed by atoms with Crippen LogP contribution in [0.5, 0.6) is 11.5 Å². The van der Waals surface area contributed by atoms with Gasteiger partial charge in [0, 0.05) is 5.56 Å². The van der Waals surface area contributed by atoms with Gasteiger partial charge in [0.25, 0.3) is 5.91 Å². The average molecular weight is 474 g/mol. The van der Waals surface area contributed by atoms with Crippen LogP contribution >= 0.6 is 15.9 Å². The number of halogens is 3. The lowest BCUT2D eigenvalue weighted by Crippen LogP contribution is -2.27. The van der Waals surface area contributed by atoms with E-state index >= 15 is 0 Å². The fraction of sp³-hybridized carbons (Fsp3) is 0. The summed E-state index contributed by atoms with van der Waals surface area (Å²) in [4.78, 5) is 23.7. The van der Waals surface area contributed by atoms with E-state index in [-0.39, 0.29) is 5.56 Å². The molecule has 152 valence electrons. The normalized spacial score (nSPS) is 11.1. The maximum absolute atomic E-state index is 13.3. The second-order valence-corrected chi connectivity index (χ2v) is 6.90. The van der Waals surface area contributed by atoms with E-state index in [9.17, 15) is 23.5 Å². The first-order chi connectivity index (χ1) is 14.3. The van der Waals surface area contributed by atoms with E-state index in [1.165, 1.54) is 6.08 Å². The van der Waals surface area contributed by atoms with Crippen molar-refractivity contribution in [2.45, 2.75) is 0 Å². The third-order valence-electron chi connectivity index (χ3n) is 3.92. The van der Waals surface area contributed by atoms with Gasteiger partial charge in [-0.25, -0.2) is 13.6 Å². The van der Waals surface area contributed by atoms with Gasteiger partial charge >= 0.3 is 5.97 Å². The molecule has 0 aliphatic carbocycles. The van der Waals surface area contributed by atoms with Crippen molar-refractivity contribution < 1.29 is 28.2 Å². The van der Waals surface area contributed by atoms with Gasteiger partial charge in [-0.15, -0.1) is 0 Å². The van der Waals surface area contributed by atoms with Crippen molar-refractivity contribution in [3.05, 3.63) is 99.7 Å². The van der Waals surface area contributed by atoms with E-state index in [4.69, 9.17) is 4.74 Å². The summed E-state index contributed by atoms with van der Waals surface area (Å²) in [6, 6.07) is 16.3. The number of carbonyl (C=O) groups excluding carboxylic acids is 1. The predicted octanol–water partition coefficient (Wildman–Crippen LogP) is 5.38. The number of ether oxygens (including phenoxy) is 1. The summed E-state index contributed by atoms with van der Waals surface area (Å²) < 4.78 is 32.8. The zero-order chi connectivity index (χ0) is 21.7. The number of carboxylic acids is 1. The zero-order valence-corrected chi connectivity index (χ0v) is 16.8. The van der Waals surface area contributed by atoms with Crippen LogP contribution in [0.3, 0.4) is 0 Å². The van der Waals surface area contributed by atoms with Crippen LogP contribution in [0, 0.1) is 11.6 Å². The highest BCUT2D eigenvalue weighted by Crippen LogP contribution is 2.29. The van der Waals surface area contributed by atoms with E-state index in [2.05, 4.69) is 21.2 Å². The molecule has 0 aliphatic heterocycles. The van der Waals surface area contributed by atoms with Gasteiger partial charge in [-0.1, -0.05) is 24.3 Å². The van der Waals surface area contributed by atoms with Crippen LogP contribution in [-0.4, -0.2) is 17.0 Å². The quantitative estimate of drug-likeness (QED) is 0.471. The Bertz CT molecular complexity index is 1130. The summed E-state index contributed by atoms with van der Waals surface area (Å²) in [5, 5.41) is 11.5. The van der Waals surface area contributed by atoms with E-state index in [0.717, 1.165) is 16.6 Å². The number of hydrogen-bond acceptors (Lipinski definition) is 3. The maximum atomic E-state index is 13.3. The third-order valence-corrected chi connectivity index (χ3v) is 4.57. The first kappa shape index (κ1) is 21.2. The Hall–Kier alpha value is -3.52. The molecule has 0 fully saturated rings. The molecule has 3 aromatic carbocycles. The number of aliphatic carboxylic acids is 1. The van der Waals surface area contributed by atoms with Gasteiger partial charge in [0.2, 0.25) is 0 Å².